The lowest BCUT2D eigenvalue weighted by atomic mass is 10.2. The normalized spacial score (nSPS) is 10.7. The summed E-state index contributed by atoms with van der Waals surface area (Å²) >= 11 is 0. The van der Waals surface area contributed by atoms with Crippen molar-refractivity contribution in [2.24, 2.45) is 12.8 Å². The first-order valence-electron chi connectivity index (χ1n) is 6.15. The highest BCUT2D eigenvalue weighted by molar-refractivity contribution is 5.94. The molecular weight excluding hydrogens is 230 g/mol. The van der Waals surface area contributed by atoms with E-state index < -0.39 is 0 Å². The van der Waals surface area contributed by atoms with Crippen LogP contribution in [0.25, 0.3) is 0 Å². The Morgan fingerprint density at radius 1 is 1.50 bits per heavy atom. The van der Waals surface area contributed by atoms with Crippen LogP contribution in [0.1, 0.15) is 30.6 Å². The second-order valence-corrected chi connectivity index (χ2v) is 4.60. The van der Waals surface area contributed by atoms with Crippen LogP contribution in [0.4, 0.5) is 0 Å². The molecule has 1 aromatic rings. The van der Waals surface area contributed by atoms with Gasteiger partial charge in [0.05, 0.1) is 0 Å². The first kappa shape index (κ1) is 14.4. The van der Waals surface area contributed by atoms with E-state index in [9.17, 15) is 9.59 Å². The summed E-state index contributed by atoms with van der Waals surface area (Å²) in [5.74, 6) is -0.115. The molecule has 0 saturated carbocycles. The number of carbonyl (C=O) groups excluding carboxylic acids is 1. The van der Waals surface area contributed by atoms with Gasteiger partial charge in [-0.1, -0.05) is 0 Å². The molecule has 18 heavy (non-hydrogen) atoms. The van der Waals surface area contributed by atoms with Gasteiger partial charge < -0.3 is 15.2 Å². The number of aryl methyl sites for hydroxylation is 1. The van der Waals surface area contributed by atoms with Crippen LogP contribution in [0.15, 0.2) is 23.1 Å². The van der Waals surface area contributed by atoms with E-state index in [0.29, 0.717) is 18.7 Å². The molecule has 0 aliphatic rings. The molecule has 0 spiro atoms. The van der Waals surface area contributed by atoms with Crippen LogP contribution in [-0.4, -0.2) is 34.5 Å². The molecule has 0 atom stereocenters. The summed E-state index contributed by atoms with van der Waals surface area (Å²) in [7, 11) is 1.66. The van der Waals surface area contributed by atoms with Gasteiger partial charge in [0.15, 0.2) is 0 Å². The van der Waals surface area contributed by atoms with Crippen molar-refractivity contribution in [3.8, 4) is 0 Å². The maximum absolute atomic E-state index is 12.3. The van der Waals surface area contributed by atoms with Crippen molar-refractivity contribution in [3.63, 3.8) is 0 Å². The van der Waals surface area contributed by atoms with Gasteiger partial charge in [0.25, 0.3) is 11.5 Å². The average molecular weight is 251 g/mol. The van der Waals surface area contributed by atoms with E-state index in [4.69, 9.17) is 5.73 Å². The Morgan fingerprint density at radius 2 is 2.17 bits per heavy atom. The molecule has 1 rings (SSSR count). The average Bonchev–Trinajstić information content (AvgIpc) is 2.32. The number of nitrogens with two attached hydrogens (primary N) is 1. The van der Waals surface area contributed by atoms with Crippen molar-refractivity contribution in [2.75, 3.05) is 13.1 Å². The minimum absolute atomic E-state index is 0.0908. The van der Waals surface area contributed by atoms with E-state index in [0.717, 1.165) is 6.42 Å². The van der Waals surface area contributed by atoms with Gasteiger partial charge in [-0.15, -0.1) is 0 Å². The molecule has 5 heteroatoms. The zero-order chi connectivity index (χ0) is 13.7. The molecule has 0 saturated heterocycles. The third kappa shape index (κ3) is 3.43. The summed E-state index contributed by atoms with van der Waals surface area (Å²) in [4.78, 5) is 25.6. The molecular formula is C13H21N3O2. The van der Waals surface area contributed by atoms with Crippen LogP contribution < -0.4 is 11.3 Å². The lowest BCUT2D eigenvalue weighted by Crippen LogP contribution is -2.39. The van der Waals surface area contributed by atoms with E-state index >= 15 is 0 Å². The van der Waals surface area contributed by atoms with Crippen molar-refractivity contribution in [1.29, 1.82) is 0 Å². The fraction of sp³-hybridized carbons (Fsp3) is 0.538. The third-order valence-corrected chi connectivity index (χ3v) is 2.84. The molecule has 0 radical (unpaired) electrons. The van der Waals surface area contributed by atoms with Crippen molar-refractivity contribution in [1.82, 2.24) is 9.47 Å². The molecule has 0 fully saturated rings. The molecule has 0 unspecified atom stereocenters. The monoisotopic (exact) mass is 251 g/mol. The highest BCUT2D eigenvalue weighted by Crippen LogP contribution is 2.07. The first-order valence-corrected chi connectivity index (χ1v) is 6.15. The van der Waals surface area contributed by atoms with Crippen molar-refractivity contribution < 1.29 is 4.79 Å². The van der Waals surface area contributed by atoms with Crippen molar-refractivity contribution in [2.45, 2.75) is 26.3 Å². The number of hydrogen-bond acceptors (Lipinski definition) is 3. The molecule has 1 heterocycles. The Labute approximate surface area is 107 Å². The fourth-order valence-corrected chi connectivity index (χ4v) is 1.70. The standard InChI is InChI=1S/C13H21N3O2/c1-10(2)16(7-4-6-14)13(18)11-5-8-15(3)12(17)9-11/h5,8-10H,4,6-7,14H2,1-3H3. The van der Waals surface area contributed by atoms with E-state index in [-0.39, 0.29) is 17.5 Å². The van der Waals surface area contributed by atoms with Gasteiger partial charge in [0.1, 0.15) is 0 Å². The maximum Gasteiger partial charge on any atom is 0.254 e. The Kier molecular flexibility index (Phi) is 5.09. The minimum atomic E-state index is -0.177. The number of nitrogens with zero attached hydrogens (tertiary/aromatic N) is 2. The lowest BCUT2D eigenvalue weighted by molar-refractivity contribution is 0.0704. The summed E-state index contributed by atoms with van der Waals surface area (Å²) in [6.07, 6.45) is 2.37. The molecule has 0 bridgehead atoms. The first-order chi connectivity index (χ1) is 8.47. The number of hydrogen-bond donors (Lipinski definition) is 1. The van der Waals surface area contributed by atoms with E-state index in [1.807, 2.05) is 13.8 Å². The zero-order valence-electron chi connectivity index (χ0n) is 11.2. The molecule has 1 aromatic heterocycles. The molecule has 5 nitrogen and oxygen atoms in total. The van der Waals surface area contributed by atoms with Crippen LogP contribution in [0, 0.1) is 0 Å². The summed E-state index contributed by atoms with van der Waals surface area (Å²) in [6, 6.07) is 3.13. The summed E-state index contributed by atoms with van der Waals surface area (Å²) in [5, 5.41) is 0. The predicted molar refractivity (Wildman–Crippen MR) is 71.5 cm³/mol. The van der Waals surface area contributed by atoms with E-state index in [1.165, 1.54) is 10.6 Å². The lowest BCUT2D eigenvalue weighted by Gasteiger charge is -2.26. The Balaban J connectivity index is 2.94. The molecule has 0 aliphatic heterocycles. The van der Waals surface area contributed by atoms with Gasteiger partial charge in [-0.25, -0.2) is 0 Å². The van der Waals surface area contributed by atoms with E-state index in [2.05, 4.69) is 0 Å². The highest BCUT2D eigenvalue weighted by atomic mass is 16.2. The van der Waals surface area contributed by atoms with Crippen LogP contribution in [0.3, 0.4) is 0 Å². The predicted octanol–water partition coefficient (Wildman–Crippen LogP) is 0.585. The quantitative estimate of drug-likeness (QED) is 0.832. The smallest absolute Gasteiger partial charge is 0.254 e. The van der Waals surface area contributed by atoms with Crippen LogP contribution in [-0.2, 0) is 7.05 Å². The zero-order valence-corrected chi connectivity index (χ0v) is 11.2. The van der Waals surface area contributed by atoms with E-state index in [1.54, 1.807) is 24.2 Å². The number of carbonyl (C=O) groups is 1. The van der Waals surface area contributed by atoms with Crippen molar-refractivity contribution in [3.05, 3.63) is 34.2 Å². The van der Waals surface area contributed by atoms with Crippen LogP contribution >= 0.6 is 0 Å². The minimum Gasteiger partial charge on any atom is -0.336 e. The SMILES string of the molecule is CC(C)N(CCCN)C(=O)c1ccn(C)c(=O)c1. The molecule has 1 amide bonds. The van der Waals surface area contributed by atoms with Gasteiger partial charge in [-0.05, 0) is 32.9 Å². The van der Waals surface area contributed by atoms with Gasteiger partial charge in [-0.3, -0.25) is 9.59 Å². The van der Waals surface area contributed by atoms with Gasteiger partial charge in [0.2, 0.25) is 0 Å². The second kappa shape index (κ2) is 6.35. The molecule has 100 valence electrons. The third-order valence-electron chi connectivity index (χ3n) is 2.84. The van der Waals surface area contributed by atoms with Gasteiger partial charge in [0, 0.05) is 37.5 Å². The molecule has 0 aromatic carbocycles. The van der Waals surface area contributed by atoms with Crippen LogP contribution in [0.5, 0.6) is 0 Å². The summed E-state index contributed by atoms with van der Waals surface area (Å²) in [5.41, 5.74) is 5.73. The van der Waals surface area contributed by atoms with Gasteiger partial charge in [-0.2, -0.15) is 0 Å². The summed E-state index contributed by atoms with van der Waals surface area (Å²) in [6.45, 7) is 5.07. The number of aromatic nitrogens is 1. The topological polar surface area (TPSA) is 68.3 Å². The van der Waals surface area contributed by atoms with Crippen LogP contribution in [0.2, 0.25) is 0 Å². The van der Waals surface area contributed by atoms with Gasteiger partial charge >= 0.3 is 0 Å². The molecule has 2 N–H and O–H groups in total. The second-order valence-electron chi connectivity index (χ2n) is 4.60. The molecule has 0 aliphatic carbocycles. The highest BCUT2D eigenvalue weighted by Gasteiger charge is 2.18. The Morgan fingerprint density at radius 3 is 2.67 bits per heavy atom. The number of amides is 1. The van der Waals surface area contributed by atoms with Crippen molar-refractivity contribution >= 4 is 5.91 Å². The Bertz CT molecular complexity index is 466. The maximum atomic E-state index is 12.3. The number of rotatable bonds is 5. The fourth-order valence-electron chi connectivity index (χ4n) is 1.70. The number of pyridine rings is 1. The Hall–Kier alpha value is -1.62. The summed E-state index contributed by atoms with van der Waals surface area (Å²) < 4.78 is 1.44. The largest absolute Gasteiger partial charge is 0.336 e.